The Hall–Kier alpha value is -1.56. The molecule has 0 aliphatic rings. The van der Waals surface area contributed by atoms with Crippen LogP contribution < -0.4 is 10.5 Å². The van der Waals surface area contributed by atoms with Gasteiger partial charge in [0, 0.05) is 5.69 Å². The first-order valence-electron chi connectivity index (χ1n) is 4.22. The summed E-state index contributed by atoms with van der Waals surface area (Å²) < 4.78 is 24.2. The zero-order valence-electron chi connectivity index (χ0n) is 8.23. The summed E-state index contributed by atoms with van der Waals surface area (Å²) in [4.78, 5) is 10.6. The third-order valence-corrected chi connectivity index (χ3v) is 2.22. The molecule has 3 N–H and O–H groups in total. The molecule has 0 bridgehead atoms. The van der Waals surface area contributed by atoms with Gasteiger partial charge in [-0.2, -0.15) is 0 Å². The summed E-state index contributed by atoms with van der Waals surface area (Å²) in [6.07, 6.45) is 1.16. The fourth-order valence-corrected chi connectivity index (χ4v) is 1.72. The lowest BCUT2D eigenvalue weighted by molar-refractivity contribution is -0.117. The van der Waals surface area contributed by atoms with Gasteiger partial charge in [-0.15, -0.1) is 0 Å². The van der Waals surface area contributed by atoms with Gasteiger partial charge in [-0.1, -0.05) is 12.1 Å². The molecule has 1 aromatic carbocycles. The largest absolute Gasteiger partial charge is 0.369 e. The molecule has 0 aliphatic heterocycles. The third-order valence-electron chi connectivity index (χ3n) is 1.61. The molecule has 0 saturated heterocycles. The van der Waals surface area contributed by atoms with E-state index in [1.807, 2.05) is 0 Å². The Kier molecular flexibility index (Phi) is 3.31. The second-order valence-electron chi connectivity index (χ2n) is 3.22. The minimum absolute atomic E-state index is 0.0965. The average molecular weight is 228 g/mol. The zero-order chi connectivity index (χ0) is 11.5. The fourth-order valence-electron chi connectivity index (χ4n) is 1.16. The molecule has 0 radical (unpaired) electrons. The van der Waals surface area contributed by atoms with Crippen LogP contribution in [0.25, 0.3) is 0 Å². The van der Waals surface area contributed by atoms with E-state index in [0.29, 0.717) is 11.3 Å². The second kappa shape index (κ2) is 4.31. The average Bonchev–Trinajstić information content (AvgIpc) is 1.99. The van der Waals surface area contributed by atoms with E-state index in [1.54, 1.807) is 24.3 Å². The first kappa shape index (κ1) is 11.5. The minimum atomic E-state index is -3.29. The van der Waals surface area contributed by atoms with E-state index >= 15 is 0 Å². The Morgan fingerprint density at radius 2 is 2.13 bits per heavy atom. The standard InChI is InChI=1S/C9H12N2O3S/c1-15(13,14)11-8-4-2-3-7(5-8)6-9(10)12/h2-5,11H,6H2,1H3,(H2,10,12). The van der Waals surface area contributed by atoms with Crippen molar-refractivity contribution in [1.82, 2.24) is 0 Å². The molecule has 0 heterocycles. The van der Waals surface area contributed by atoms with E-state index in [1.165, 1.54) is 0 Å². The van der Waals surface area contributed by atoms with Gasteiger partial charge in [-0.05, 0) is 17.7 Å². The van der Waals surface area contributed by atoms with Crippen LogP contribution in [0.4, 0.5) is 5.69 Å². The highest BCUT2D eigenvalue weighted by molar-refractivity contribution is 7.92. The fraction of sp³-hybridized carbons (Fsp3) is 0.222. The van der Waals surface area contributed by atoms with Gasteiger partial charge in [-0.3, -0.25) is 9.52 Å². The summed E-state index contributed by atoms with van der Waals surface area (Å²) in [6, 6.07) is 6.54. The molecular weight excluding hydrogens is 216 g/mol. The van der Waals surface area contributed by atoms with E-state index in [0.717, 1.165) is 6.26 Å². The first-order valence-corrected chi connectivity index (χ1v) is 6.11. The maximum Gasteiger partial charge on any atom is 0.229 e. The number of sulfonamides is 1. The highest BCUT2D eigenvalue weighted by Crippen LogP contribution is 2.12. The van der Waals surface area contributed by atoms with Gasteiger partial charge in [0.2, 0.25) is 15.9 Å². The number of nitrogens with one attached hydrogen (secondary N) is 1. The number of anilines is 1. The summed E-state index contributed by atoms with van der Waals surface area (Å²) in [5.74, 6) is -0.452. The maximum absolute atomic E-state index is 10.9. The predicted molar refractivity (Wildman–Crippen MR) is 57.8 cm³/mol. The number of rotatable bonds is 4. The van der Waals surface area contributed by atoms with Crippen LogP contribution in [-0.2, 0) is 21.2 Å². The van der Waals surface area contributed by atoms with Crippen molar-refractivity contribution in [1.29, 1.82) is 0 Å². The van der Waals surface area contributed by atoms with E-state index in [4.69, 9.17) is 5.73 Å². The van der Waals surface area contributed by atoms with Crippen molar-refractivity contribution in [3.05, 3.63) is 29.8 Å². The summed E-state index contributed by atoms with van der Waals surface area (Å²) in [7, 11) is -3.29. The Labute approximate surface area is 88.3 Å². The summed E-state index contributed by atoms with van der Waals surface area (Å²) >= 11 is 0. The van der Waals surface area contributed by atoms with Crippen LogP contribution in [0.15, 0.2) is 24.3 Å². The zero-order valence-corrected chi connectivity index (χ0v) is 9.04. The number of hydrogen-bond acceptors (Lipinski definition) is 3. The van der Waals surface area contributed by atoms with Crippen LogP contribution in [0.3, 0.4) is 0 Å². The molecule has 0 fully saturated rings. The number of hydrogen-bond donors (Lipinski definition) is 2. The lowest BCUT2D eigenvalue weighted by atomic mass is 10.1. The summed E-state index contributed by atoms with van der Waals surface area (Å²) in [5, 5.41) is 0. The highest BCUT2D eigenvalue weighted by atomic mass is 32.2. The number of nitrogens with two attached hydrogens (primary N) is 1. The Morgan fingerprint density at radius 1 is 1.47 bits per heavy atom. The van der Waals surface area contributed by atoms with Crippen LogP contribution in [0, 0.1) is 0 Å². The molecule has 0 atom stereocenters. The number of amides is 1. The monoisotopic (exact) mass is 228 g/mol. The van der Waals surface area contributed by atoms with E-state index < -0.39 is 15.9 Å². The molecule has 0 spiro atoms. The molecule has 1 amide bonds. The molecule has 15 heavy (non-hydrogen) atoms. The Morgan fingerprint density at radius 3 is 2.67 bits per heavy atom. The van der Waals surface area contributed by atoms with Crippen molar-refractivity contribution in [3.8, 4) is 0 Å². The van der Waals surface area contributed by atoms with Gasteiger partial charge in [0.05, 0.1) is 12.7 Å². The molecule has 0 aliphatic carbocycles. The molecule has 6 heteroatoms. The molecule has 5 nitrogen and oxygen atoms in total. The lowest BCUT2D eigenvalue weighted by Crippen LogP contribution is -2.14. The van der Waals surface area contributed by atoms with E-state index in [9.17, 15) is 13.2 Å². The third kappa shape index (κ3) is 4.46. The molecule has 1 rings (SSSR count). The highest BCUT2D eigenvalue weighted by Gasteiger charge is 2.03. The van der Waals surface area contributed by atoms with Crippen molar-refractivity contribution in [3.63, 3.8) is 0 Å². The van der Waals surface area contributed by atoms with Gasteiger partial charge < -0.3 is 5.73 Å². The molecule has 0 aromatic heterocycles. The van der Waals surface area contributed by atoms with Gasteiger partial charge in [0.25, 0.3) is 0 Å². The Bertz CT molecular complexity index is 468. The van der Waals surface area contributed by atoms with Crippen LogP contribution in [0.5, 0.6) is 0 Å². The molecule has 1 aromatic rings. The second-order valence-corrected chi connectivity index (χ2v) is 4.97. The first-order chi connectivity index (χ1) is 6.87. The van der Waals surface area contributed by atoms with Gasteiger partial charge in [0.1, 0.15) is 0 Å². The SMILES string of the molecule is CS(=O)(=O)Nc1cccc(CC(N)=O)c1. The van der Waals surface area contributed by atoms with Crippen molar-refractivity contribution < 1.29 is 13.2 Å². The number of carbonyl (C=O) groups excluding carboxylic acids is 1. The van der Waals surface area contributed by atoms with Crippen LogP contribution in [0.2, 0.25) is 0 Å². The van der Waals surface area contributed by atoms with Gasteiger partial charge in [0.15, 0.2) is 0 Å². The predicted octanol–water partition coefficient (Wildman–Crippen LogP) is 0.0859. The van der Waals surface area contributed by atoms with Crippen molar-refractivity contribution >= 4 is 21.6 Å². The van der Waals surface area contributed by atoms with Crippen molar-refractivity contribution in [2.24, 2.45) is 5.73 Å². The number of primary amides is 1. The molecule has 82 valence electrons. The van der Waals surface area contributed by atoms with E-state index in [-0.39, 0.29) is 6.42 Å². The summed E-state index contributed by atoms with van der Waals surface area (Å²) in [6.45, 7) is 0. The van der Waals surface area contributed by atoms with Crippen molar-refractivity contribution in [2.75, 3.05) is 11.0 Å². The normalized spacial score (nSPS) is 11.0. The number of benzene rings is 1. The van der Waals surface area contributed by atoms with Crippen molar-refractivity contribution in [2.45, 2.75) is 6.42 Å². The Balaban J connectivity index is 2.88. The molecule has 0 unspecified atom stereocenters. The van der Waals surface area contributed by atoms with Crippen LogP contribution in [0.1, 0.15) is 5.56 Å². The summed E-state index contributed by atoms with van der Waals surface area (Å²) in [5.41, 5.74) is 6.13. The molecular formula is C9H12N2O3S. The number of carbonyl (C=O) groups is 1. The quantitative estimate of drug-likeness (QED) is 0.765. The van der Waals surface area contributed by atoms with Crippen LogP contribution >= 0.6 is 0 Å². The van der Waals surface area contributed by atoms with E-state index in [2.05, 4.69) is 4.72 Å². The topological polar surface area (TPSA) is 89.3 Å². The van der Waals surface area contributed by atoms with Gasteiger partial charge in [-0.25, -0.2) is 8.42 Å². The smallest absolute Gasteiger partial charge is 0.229 e. The maximum atomic E-state index is 10.9. The molecule has 0 saturated carbocycles. The van der Waals surface area contributed by atoms with Gasteiger partial charge >= 0.3 is 0 Å². The minimum Gasteiger partial charge on any atom is -0.369 e. The van der Waals surface area contributed by atoms with Crippen LogP contribution in [-0.4, -0.2) is 20.6 Å². The lowest BCUT2D eigenvalue weighted by Gasteiger charge is -2.05.